The summed E-state index contributed by atoms with van der Waals surface area (Å²) >= 11 is 0. The van der Waals surface area contributed by atoms with Crippen LogP contribution in [0.3, 0.4) is 0 Å². The zero-order chi connectivity index (χ0) is 16.3. The first-order chi connectivity index (χ1) is 10.3. The average Bonchev–Trinajstić information content (AvgIpc) is 2.41. The highest BCUT2D eigenvalue weighted by Crippen LogP contribution is 2.16. The molecule has 3 atom stereocenters. The molecule has 2 heterocycles. The molecule has 2 aliphatic rings. The molecular weight excluding hydrogens is 282 g/mol. The van der Waals surface area contributed by atoms with E-state index < -0.39 is 5.60 Å². The molecule has 2 rings (SSSR count). The minimum absolute atomic E-state index is 0.160. The summed E-state index contributed by atoms with van der Waals surface area (Å²) in [4.78, 5) is 16.7. The zero-order valence-corrected chi connectivity index (χ0v) is 14.6. The summed E-state index contributed by atoms with van der Waals surface area (Å²) in [5.74, 6) is 0. The number of carbonyl (C=O) groups is 1. The Kier molecular flexibility index (Phi) is 5.69. The summed E-state index contributed by atoms with van der Waals surface area (Å²) in [7, 11) is 0. The SMILES string of the molecule is C[C@@H]1COCCN1C[C@H]1CN(C(=O)OC(C)(C)C)[C@H](C)CN1. The number of nitrogens with zero attached hydrogens (tertiary/aromatic N) is 2. The van der Waals surface area contributed by atoms with Crippen molar-refractivity contribution in [1.29, 1.82) is 0 Å². The van der Waals surface area contributed by atoms with E-state index in [0.717, 1.165) is 32.8 Å². The molecule has 2 fully saturated rings. The van der Waals surface area contributed by atoms with Crippen molar-refractivity contribution in [3.8, 4) is 0 Å². The normalized spacial score (nSPS) is 31.1. The summed E-state index contributed by atoms with van der Waals surface area (Å²) in [6.07, 6.45) is -0.207. The van der Waals surface area contributed by atoms with Crippen LogP contribution in [0.4, 0.5) is 4.79 Å². The molecule has 0 saturated carbocycles. The van der Waals surface area contributed by atoms with Crippen LogP contribution in [0.1, 0.15) is 34.6 Å². The number of hydrogen-bond acceptors (Lipinski definition) is 5. The van der Waals surface area contributed by atoms with Gasteiger partial charge >= 0.3 is 6.09 Å². The topological polar surface area (TPSA) is 54.0 Å². The van der Waals surface area contributed by atoms with Gasteiger partial charge in [-0.3, -0.25) is 4.90 Å². The highest BCUT2D eigenvalue weighted by molar-refractivity contribution is 5.68. The molecule has 0 aromatic rings. The van der Waals surface area contributed by atoms with Crippen LogP contribution >= 0.6 is 0 Å². The van der Waals surface area contributed by atoms with Gasteiger partial charge in [0.05, 0.1) is 13.2 Å². The van der Waals surface area contributed by atoms with Gasteiger partial charge in [-0.2, -0.15) is 0 Å². The highest BCUT2D eigenvalue weighted by Gasteiger charge is 2.33. The lowest BCUT2D eigenvalue weighted by Gasteiger charge is -2.42. The van der Waals surface area contributed by atoms with Crippen LogP contribution in [0.5, 0.6) is 0 Å². The lowest BCUT2D eigenvalue weighted by atomic mass is 10.1. The van der Waals surface area contributed by atoms with E-state index >= 15 is 0 Å². The third kappa shape index (κ3) is 4.83. The van der Waals surface area contributed by atoms with Gasteiger partial charge in [0.15, 0.2) is 0 Å². The van der Waals surface area contributed by atoms with Gasteiger partial charge in [0.25, 0.3) is 0 Å². The molecule has 1 N–H and O–H groups in total. The number of hydrogen-bond donors (Lipinski definition) is 1. The Morgan fingerprint density at radius 3 is 2.68 bits per heavy atom. The fourth-order valence-corrected chi connectivity index (χ4v) is 2.94. The van der Waals surface area contributed by atoms with Crippen molar-refractivity contribution in [2.75, 3.05) is 39.4 Å². The first-order valence-corrected chi connectivity index (χ1v) is 8.31. The van der Waals surface area contributed by atoms with E-state index in [9.17, 15) is 4.79 Å². The van der Waals surface area contributed by atoms with Crippen molar-refractivity contribution in [2.24, 2.45) is 0 Å². The number of piperazine rings is 1. The molecular formula is C16H31N3O3. The molecule has 22 heavy (non-hydrogen) atoms. The first-order valence-electron chi connectivity index (χ1n) is 8.31. The van der Waals surface area contributed by atoms with E-state index in [1.807, 2.05) is 25.7 Å². The lowest BCUT2D eigenvalue weighted by molar-refractivity contribution is -0.0154. The summed E-state index contributed by atoms with van der Waals surface area (Å²) in [5.41, 5.74) is -0.449. The Morgan fingerprint density at radius 1 is 1.32 bits per heavy atom. The number of morpholine rings is 1. The maximum atomic E-state index is 12.4. The van der Waals surface area contributed by atoms with Crippen molar-refractivity contribution < 1.29 is 14.3 Å². The minimum Gasteiger partial charge on any atom is -0.444 e. The molecule has 0 spiro atoms. The van der Waals surface area contributed by atoms with E-state index in [-0.39, 0.29) is 18.2 Å². The van der Waals surface area contributed by atoms with Gasteiger partial charge in [-0.05, 0) is 34.6 Å². The molecule has 128 valence electrons. The number of carbonyl (C=O) groups excluding carboxylic acids is 1. The van der Waals surface area contributed by atoms with Crippen LogP contribution in [-0.2, 0) is 9.47 Å². The molecule has 0 bridgehead atoms. The molecule has 2 saturated heterocycles. The summed E-state index contributed by atoms with van der Waals surface area (Å²) < 4.78 is 11.0. The van der Waals surface area contributed by atoms with Crippen LogP contribution in [0, 0.1) is 0 Å². The number of amides is 1. The average molecular weight is 313 g/mol. The predicted molar refractivity (Wildman–Crippen MR) is 86.0 cm³/mol. The van der Waals surface area contributed by atoms with Crippen LogP contribution < -0.4 is 5.32 Å². The standard InChI is InChI=1S/C16H31N3O3/c1-12-8-17-14(9-18-6-7-21-11-13(18)2)10-19(12)15(20)22-16(3,4)5/h12-14,17H,6-11H2,1-5H3/t12-,13-,14+/m1/s1. The van der Waals surface area contributed by atoms with E-state index in [2.05, 4.69) is 24.1 Å². The quantitative estimate of drug-likeness (QED) is 0.833. The Bertz CT molecular complexity index is 383. The predicted octanol–water partition coefficient (Wildman–Crippen LogP) is 1.30. The van der Waals surface area contributed by atoms with Crippen molar-refractivity contribution in [3.63, 3.8) is 0 Å². The molecule has 0 radical (unpaired) electrons. The molecule has 1 amide bonds. The number of ether oxygens (including phenoxy) is 2. The van der Waals surface area contributed by atoms with Crippen LogP contribution in [0.15, 0.2) is 0 Å². The molecule has 0 aliphatic carbocycles. The lowest BCUT2D eigenvalue weighted by Crippen LogP contribution is -2.61. The molecule has 6 heteroatoms. The van der Waals surface area contributed by atoms with Gasteiger partial charge in [0.2, 0.25) is 0 Å². The molecule has 0 unspecified atom stereocenters. The van der Waals surface area contributed by atoms with E-state index in [4.69, 9.17) is 9.47 Å². The van der Waals surface area contributed by atoms with E-state index in [1.165, 1.54) is 0 Å². The fraction of sp³-hybridized carbons (Fsp3) is 0.938. The van der Waals surface area contributed by atoms with E-state index in [0.29, 0.717) is 12.6 Å². The number of rotatable bonds is 2. The highest BCUT2D eigenvalue weighted by atomic mass is 16.6. The second-order valence-corrected chi connectivity index (χ2v) is 7.51. The van der Waals surface area contributed by atoms with E-state index in [1.54, 1.807) is 0 Å². The third-order valence-corrected chi connectivity index (χ3v) is 4.24. The monoisotopic (exact) mass is 313 g/mol. The maximum absolute atomic E-state index is 12.4. The van der Waals surface area contributed by atoms with Gasteiger partial charge in [0, 0.05) is 44.3 Å². The second kappa shape index (κ2) is 7.15. The van der Waals surface area contributed by atoms with Gasteiger partial charge in [-0.1, -0.05) is 0 Å². The Labute approximate surface area is 134 Å². The summed E-state index contributed by atoms with van der Waals surface area (Å²) in [6, 6.07) is 0.877. The minimum atomic E-state index is -0.449. The van der Waals surface area contributed by atoms with Gasteiger partial charge in [-0.25, -0.2) is 4.79 Å². The Balaban J connectivity index is 1.91. The Hall–Kier alpha value is -0.850. The van der Waals surface area contributed by atoms with Gasteiger partial charge < -0.3 is 19.7 Å². The second-order valence-electron chi connectivity index (χ2n) is 7.51. The van der Waals surface area contributed by atoms with Crippen molar-refractivity contribution >= 4 is 6.09 Å². The van der Waals surface area contributed by atoms with Crippen LogP contribution in [0.2, 0.25) is 0 Å². The summed E-state index contributed by atoms with van der Waals surface area (Å²) in [6.45, 7) is 15.0. The smallest absolute Gasteiger partial charge is 0.410 e. The first kappa shape index (κ1) is 17.5. The summed E-state index contributed by atoms with van der Waals surface area (Å²) in [5, 5.41) is 3.55. The van der Waals surface area contributed by atoms with Gasteiger partial charge in [-0.15, -0.1) is 0 Å². The van der Waals surface area contributed by atoms with Crippen molar-refractivity contribution in [1.82, 2.24) is 15.1 Å². The third-order valence-electron chi connectivity index (χ3n) is 4.24. The van der Waals surface area contributed by atoms with Gasteiger partial charge in [0.1, 0.15) is 5.60 Å². The van der Waals surface area contributed by atoms with Crippen molar-refractivity contribution in [3.05, 3.63) is 0 Å². The zero-order valence-electron chi connectivity index (χ0n) is 14.6. The fourth-order valence-electron chi connectivity index (χ4n) is 2.94. The Morgan fingerprint density at radius 2 is 2.05 bits per heavy atom. The molecule has 6 nitrogen and oxygen atoms in total. The largest absolute Gasteiger partial charge is 0.444 e. The molecule has 0 aromatic carbocycles. The maximum Gasteiger partial charge on any atom is 0.410 e. The molecule has 0 aromatic heterocycles. The van der Waals surface area contributed by atoms with Crippen molar-refractivity contribution in [2.45, 2.75) is 58.3 Å². The van der Waals surface area contributed by atoms with Crippen LogP contribution in [-0.4, -0.2) is 79.0 Å². The number of nitrogens with one attached hydrogen (secondary N) is 1. The molecule has 2 aliphatic heterocycles. The van der Waals surface area contributed by atoms with Crippen LogP contribution in [0.25, 0.3) is 0 Å².